The van der Waals surface area contributed by atoms with Gasteiger partial charge in [-0.1, -0.05) is 35.5 Å². The van der Waals surface area contributed by atoms with Gasteiger partial charge >= 0.3 is 10.4 Å². The van der Waals surface area contributed by atoms with Crippen molar-refractivity contribution in [2.45, 2.75) is 6.92 Å². The highest BCUT2D eigenvalue weighted by Gasteiger charge is 2.11. The number of nitrogens with zero attached hydrogens (tertiary/aromatic N) is 1. The summed E-state index contributed by atoms with van der Waals surface area (Å²) in [5, 5.41) is 3.00. The third-order valence-electron chi connectivity index (χ3n) is 1.63. The Kier molecular flexibility index (Phi) is 3.75. The van der Waals surface area contributed by atoms with E-state index in [9.17, 15) is 13.2 Å². The second-order valence-electron chi connectivity index (χ2n) is 2.87. The fourth-order valence-electron chi connectivity index (χ4n) is 0.943. The summed E-state index contributed by atoms with van der Waals surface area (Å²) in [4.78, 5) is 11.6. The molecule has 0 saturated carbocycles. The van der Waals surface area contributed by atoms with Crippen LogP contribution in [0.5, 0.6) is 0 Å². The number of carbonyl (C=O) groups is 1. The van der Waals surface area contributed by atoms with Crippen molar-refractivity contribution in [2.24, 2.45) is 5.16 Å². The van der Waals surface area contributed by atoms with Crippen molar-refractivity contribution in [2.75, 3.05) is 0 Å². The van der Waals surface area contributed by atoms with Crippen molar-refractivity contribution >= 4 is 21.9 Å². The first kappa shape index (κ1) is 12.3. The molecule has 0 aromatic heterocycles. The Labute approximate surface area is 92.5 Å². The van der Waals surface area contributed by atoms with Crippen LogP contribution < -0.4 is 0 Å². The number of rotatable bonds is 4. The van der Waals surface area contributed by atoms with Gasteiger partial charge in [0.05, 0.1) is 0 Å². The fourth-order valence-corrected chi connectivity index (χ4v) is 1.15. The van der Waals surface area contributed by atoms with Gasteiger partial charge in [-0.2, -0.15) is 8.42 Å². The van der Waals surface area contributed by atoms with Gasteiger partial charge < -0.3 is 0 Å². The summed E-state index contributed by atoms with van der Waals surface area (Å²) in [7, 11) is -4.67. The molecule has 1 rings (SSSR count). The molecule has 0 fully saturated rings. The molecule has 0 aliphatic carbocycles. The standard InChI is InChI=1S/C9H9NO5S/c1-7(10-15-16(12,13)14)9(11)8-5-3-2-4-6-8/h2-6H,1H3,(H,12,13,14). The lowest BCUT2D eigenvalue weighted by molar-refractivity contribution is 0.106. The molecule has 0 unspecified atom stereocenters. The van der Waals surface area contributed by atoms with Crippen LogP contribution in [0.2, 0.25) is 0 Å². The first-order chi connectivity index (χ1) is 7.40. The number of oxime groups is 1. The molecule has 1 aromatic carbocycles. The zero-order valence-corrected chi connectivity index (χ0v) is 9.14. The Hall–Kier alpha value is -1.73. The summed E-state index contributed by atoms with van der Waals surface area (Å²) in [5.41, 5.74) is 0.173. The van der Waals surface area contributed by atoms with Crippen LogP contribution in [0.25, 0.3) is 0 Å². The quantitative estimate of drug-likeness (QED) is 0.369. The van der Waals surface area contributed by atoms with Crippen LogP contribution in [0.1, 0.15) is 17.3 Å². The average Bonchev–Trinajstić information content (AvgIpc) is 2.25. The van der Waals surface area contributed by atoms with Crippen LogP contribution in [-0.4, -0.2) is 24.5 Å². The number of carbonyl (C=O) groups excluding carboxylic acids is 1. The molecular formula is C9H9NO5S. The van der Waals surface area contributed by atoms with E-state index < -0.39 is 16.2 Å². The molecule has 0 amide bonds. The van der Waals surface area contributed by atoms with E-state index in [-0.39, 0.29) is 5.71 Å². The van der Waals surface area contributed by atoms with Crippen LogP contribution in [0.3, 0.4) is 0 Å². The van der Waals surface area contributed by atoms with Gasteiger partial charge in [-0.05, 0) is 6.92 Å². The first-order valence-electron chi connectivity index (χ1n) is 4.20. The van der Waals surface area contributed by atoms with Crippen LogP contribution in [-0.2, 0) is 14.7 Å². The summed E-state index contributed by atoms with van der Waals surface area (Å²) in [5.74, 6) is -0.482. The van der Waals surface area contributed by atoms with Gasteiger partial charge in [0.2, 0.25) is 5.78 Å². The first-order valence-corrected chi connectivity index (χ1v) is 5.57. The summed E-state index contributed by atoms with van der Waals surface area (Å²) in [6.45, 7) is 1.28. The maximum absolute atomic E-state index is 11.6. The SMILES string of the molecule is CC(=NOS(=O)(=O)O)C(=O)c1ccccc1. The minimum atomic E-state index is -4.67. The van der Waals surface area contributed by atoms with E-state index in [0.29, 0.717) is 5.56 Å². The van der Waals surface area contributed by atoms with Crippen LogP contribution in [0, 0.1) is 0 Å². The smallest absolute Gasteiger partial charge is 0.287 e. The van der Waals surface area contributed by atoms with E-state index in [2.05, 4.69) is 9.44 Å². The molecule has 1 N–H and O–H groups in total. The minimum Gasteiger partial charge on any atom is -0.287 e. The van der Waals surface area contributed by atoms with Crippen LogP contribution >= 0.6 is 0 Å². The monoisotopic (exact) mass is 243 g/mol. The van der Waals surface area contributed by atoms with Gasteiger partial charge in [0.15, 0.2) is 0 Å². The normalized spacial score (nSPS) is 12.2. The molecule has 0 atom stereocenters. The number of ketones is 1. The van der Waals surface area contributed by atoms with E-state index >= 15 is 0 Å². The average molecular weight is 243 g/mol. The number of hydrogen-bond donors (Lipinski definition) is 1. The lowest BCUT2D eigenvalue weighted by Gasteiger charge is -1.98. The molecule has 0 radical (unpaired) electrons. The highest BCUT2D eigenvalue weighted by Crippen LogP contribution is 2.02. The fraction of sp³-hybridized carbons (Fsp3) is 0.111. The van der Waals surface area contributed by atoms with E-state index in [1.807, 2.05) is 0 Å². The molecular weight excluding hydrogens is 234 g/mol. The Morgan fingerprint density at radius 2 is 1.88 bits per heavy atom. The van der Waals surface area contributed by atoms with Crippen molar-refractivity contribution < 1.29 is 22.0 Å². The molecule has 7 heteroatoms. The Balaban J connectivity index is 2.84. The van der Waals surface area contributed by atoms with Crippen LogP contribution in [0.4, 0.5) is 0 Å². The van der Waals surface area contributed by atoms with E-state index in [1.165, 1.54) is 6.92 Å². The molecule has 0 spiro atoms. The predicted molar refractivity (Wildman–Crippen MR) is 56.5 cm³/mol. The molecule has 1 aromatic rings. The molecule has 0 saturated heterocycles. The molecule has 86 valence electrons. The molecule has 0 aliphatic heterocycles. The molecule has 0 heterocycles. The molecule has 6 nitrogen and oxygen atoms in total. The summed E-state index contributed by atoms with van der Waals surface area (Å²) in [6.07, 6.45) is 0. The number of Topliss-reactive ketones (excluding diaryl/α,β-unsaturated/α-hetero) is 1. The maximum atomic E-state index is 11.6. The van der Waals surface area contributed by atoms with E-state index in [1.54, 1.807) is 30.3 Å². The highest BCUT2D eigenvalue weighted by molar-refractivity contribution is 7.80. The van der Waals surface area contributed by atoms with Gasteiger partial charge in [0, 0.05) is 5.56 Å². The second kappa shape index (κ2) is 4.86. The predicted octanol–water partition coefficient (Wildman–Crippen LogP) is 1.06. The summed E-state index contributed by atoms with van der Waals surface area (Å²) >= 11 is 0. The van der Waals surface area contributed by atoms with E-state index in [0.717, 1.165) is 0 Å². The Bertz CT molecular complexity index is 506. The lowest BCUT2D eigenvalue weighted by atomic mass is 10.1. The van der Waals surface area contributed by atoms with Gasteiger partial charge in [-0.3, -0.25) is 9.35 Å². The summed E-state index contributed by atoms with van der Waals surface area (Å²) in [6, 6.07) is 8.15. The van der Waals surface area contributed by atoms with E-state index in [4.69, 9.17) is 4.55 Å². The Morgan fingerprint density at radius 1 is 1.31 bits per heavy atom. The van der Waals surface area contributed by atoms with Crippen molar-refractivity contribution in [3.63, 3.8) is 0 Å². The third kappa shape index (κ3) is 3.79. The second-order valence-corrected chi connectivity index (χ2v) is 3.88. The largest absolute Gasteiger partial charge is 0.466 e. The third-order valence-corrected chi connectivity index (χ3v) is 1.90. The zero-order chi connectivity index (χ0) is 12.2. The van der Waals surface area contributed by atoms with Gasteiger partial charge in [0.1, 0.15) is 5.71 Å². The van der Waals surface area contributed by atoms with Gasteiger partial charge in [-0.25, -0.2) is 4.28 Å². The van der Waals surface area contributed by atoms with Crippen molar-refractivity contribution in [3.8, 4) is 0 Å². The highest BCUT2D eigenvalue weighted by atomic mass is 32.3. The van der Waals surface area contributed by atoms with Crippen molar-refractivity contribution in [1.29, 1.82) is 0 Å². The van der Waals surface area contributed by atoms with Gasteiger partial charge in [-0.15, -0.1) is 0 Å². The van der Waals surface area contributed by atoms with Gasteiger partial charge in [0.25, 0.3) is 0 Å². The number of hydrogen-bond acceptors (Lipinski definition) is 5. The topological polar surface area (TPSA) is 93.0 Å². The minimum absolute atomic E-state index is 0.177. The molecule has 0 aliphatic rings. The molecule has 0 bridgehead atoms. The zero-order valence-electron chi connectivity index (χ0n) is 8.32. The summed E-state index contributed by atoms with van der Waals surface area (Å²) < 4.78 is 32.4. The number of benzene rings is 1. The lowest BCUT2D eigenvalue weighted by Crippen LogP contribution is -2.12. The van der Waals surface area contributed by atoms with Crippen molar-refractivity contribution in [3.05, 3.63) is 35.9 Å². The van der Waals surface area contributed by atoms with Crippen LogP contribution in [0.15, 0.2) is 35.5 Å². The molecule has 16 heavy (non-hydrogen) atoms. The Morgan fingerprint density at radius 3 is 2.38 bits per heavy atom. The maximum Gasteiger partial charge on any atom is 0.466 e. The van der Waals surface area contributed by atoms with Crippen molar-refractivity contribution in [1.82, 2.24) is 0 Å².